The van der Waals surface area contributed by atoms with E-state index in [0.717, 1.165) is 13.1 Å². The van der Waals surface area contributed by atoms with Crippen molar-refractivity contribution in [2.24, 2.45) is 0 Å². The quantitative estimate of drug-likeness (QED) is 0.723. The molecule has 1 rings (SSSR count). The van der Waals surface area contributed by atoms with Crippen LogP contribution in [-0.2, 0) is 6.54 Å². The average Bonchev–Trinajstić information content (AvgIpc) is 2.53. The smallest absolute Gasteiger partial charge is 0.0492 e. The van der Waals surface area contributed by atoms with Crippen LogP contribution in [0.1, 0.15) is 25.5 Å². The summed E-state index contributed by atoms with van der Waals surface area (Å²) in [5.74, 6) is 0. The first-order chi connectivity index (χ1) is 5.83. The van der Waals surface area contributed by atoms with Crippen molar-refractivity contribution in [3.05, 3.63) is 18.0 Å². The maximum Gasteiger partial charge on any atom is 0.0492 e. The van der Waals surface area contributed by atoms with E-state index in [2.05, 4.69) is 29.1 Å². The number of aromatic nitrogens is 2. The molecule has 0 spiro atoms. The summed E-state index contributed by atoms with van der Waals surface area (Å²) in [4.78, 5) is 2.30. The van der Waals surface area contributed by atoms with Crippen molar-refractivity contribution in [2.45, 2.75) is 26.3 Å². The normalized spacial score (nSPS) is 10.9. The molecule has 0 radical (unpaired) electrons. The molecule has 3 heteroatoms. The zero-order chi connectivity index (χ0) is 8.81. The molecule has 0 bridgehead atoms. The number of rotatable bonds is 5. The second kappa shape index (κ2) is 4.93. The number of hydrogen-bond acceptors (Lipinski definition) is 2. The third-order valence-electron chi connectivity index (χ3n) is 1.89. The third-order valence-corrected chi connectivity index (χ3v) is 1.89. The largest absolute Gasteiger partial charge is 0.301 e. The van der Waals surface area contributed by atoms with E-state index in [1.807, 2.05) is 6.07 Å². The Labute approximate surface area is 73.8 Å². The van der Waals surface area contributed by atoms with Gasteiger partial charge in [0.2, 0.25) is 0 Å². The van der Waals surface area contributed by atoms with Crippen molar-refractivity contribution < 1.29 is 0 Å². The number of nitrogens with one attached hydrogen (secondary N) is 1. The van der Waals surface area contributed by atoms with Crippen LogP contribution >= 0.6 is 0 Å². The van der Waals surface area contributed by atoms with Crippen molar-refractivity contribution in [1.82, 2.24) is 15.1 Å². The Kier molecular flexibility index (Phi) is 3.80. The van der Waals surface area contributed by atoms with Gasteiger partial charge in [-0.2, -0.15) is 5.10 Å². The lowest BCUT2D eigenvalue weighted by molar-refractivity contribution is 0.317. The molecule has 0 saturated carbocycles. The Hall–Kier alpha value is -0.830. The summed E-state index contributed by atoms with van der Waals surface area (Å²) in [6.45, 7) is 4.35. The molecule has 0 atom stereocenters. The molecule has 12 heavy (non-hydrogen) atoms. The fourth-order valence-electron chi connectivity index (χ4n) is 1.17. The summed E-state index contributed by atoms with van der Waals surface area (Å²) in [7, 11) is 2.14. The van der Waals surface area contributed by atoms with Crippen molar-refractivity contribution >= 4 is 0 Å². The van der Waals surface area contributed by atoms with Gasteiger partial charge in [0.25, 0.3) is 0 Å². The van der Waals surface area contributed by atoms with E-state index in [4.69, 9.17) is 0 Å². The molecule has 0 unspecified atom stereocenters. The lowest BCUT2D eigenvalue weighted by atomic mass is 10.3. The zero-order valence-electron chi connectivity index (χ0n) is 7.88. The predicted molar refractivity (Wildman–Crippen MR) is 49.8 cm³/mol. The molecule has 0 saturated heterocycles. The summed E-state index contributed by atoms with van der Waals surface area (Å²) in [5, 5.41) is 6.86. The molecule has 3 nitrogen and oxygen atoms in total. The zero-order valence-corrected chi connectivity index (χ0v) is 7.88. The maximum absolute atomic E-state index is 3.90. The van der Waals surface area contributed by atoms with Gasteiger partial charge in [0.15, 0.2) is 0 Å². The Morgan fingerprint density at radius 2 is 2.42 bits per heavy atom. The van der Waals surface area contributed by atoms with Crippen LogP contribution in [0.4, 0.5) is 0 Å². The highest BCUT2D eigenvalue weighted by molar-refractivity contribution is 4.96. The van der Waals surface area contributed by atoms with Crippen molar-refractivity contribution in [3.8, 4) is 0 Å². The lowest BCUT2D eigenvalue weighted by Crippen LogP contribution is -2.19. The molecule has 1 aromatic heterocycles. The molecule has 0 aliphatic carbocycles. The number of aromatic amines is 1. The summed E-state index contributed by atoms with van der Waals surface area (Å²) in [5.41, 5.74) is 1.19. The standard InChI is InChI=1S/C9H17N3/c1-3-4-7-12(2)8-9-5-6-10-11-9/h5-6H,3-4,7-8H2,1-2H3,(H,10,11). The van der Waals surface area contributed by atoms with Crippen LogP contribution < -0.4 is 0 Å². The number of nitrogens with zero attached hydrogens (tertiary/aromatic N) is 2. The van der Waals surface area contributed by atoms with Crippen LogP contribution in [0.15, 0.2) is 12.3 Å². The van der Waals surface area contributed by atoms with Crippen molar-refractivity contribution in [1.29, 1.82) is 0 Å². The van der Waals surface area contributed by atoms with Gasteiger partial charge in [0, 0.05) is 18.4 Å². The molecule has 68 valence electrons. The van der Waals surface area contributed by atoms with E-state index in [-0.39, 0.29) is 0 Å². The summed E-state index contributed by atoms with van der Waals surface area (Å²) >= 11 is 0. The van der Waals surface area contributed by atoms with E-state index in [1.54, 1.807) is 6.20 Å². The molecule has 0 aliphatic rings. The summed E-state index contributed by atoms with van der Waals surface area (Å²) in [6.07, 6.45) is 4.32. The number of hydrogen-bond donors (Lipinski definition) is 1. The fraction of sp³-hybridized carbons (Fsp3) is 0.667. The van der Waals surface area contributed by atoms with Crippen LogP contribution in [0.5, 0.6) is 0 Å². The highest BCUT2D eigenvalue weighted by Gasteiger charge is 1.99. The molecule has 0 aliphatic heterocycles. The van der Waals surface area contributed by atoms with Gasteiger partial charge in [-0.25, -0.2) is 0 Å². The topological polar surface area (TPSA) is 31.9 Å². The van der Waals surface area contributed by atoms with E-state index >= 15 is 0 Å². The van der Waals surface area contributed by atoms with E-state index < -0.39 is 0 Å². The minimum atomic E-state index is 0.972. The molecular weight excluding hydrogens is 150 g/mol. The van der Waals surface area contributed by atoms with Crippen LogP contribution in [0.25, 0.3) is 0 Å². The molecule has 0 aromatic carbocycles. The van der Waals surface area contributed by atoms with Crippen LogP contribution in [0, 0.1) is 0 Å². The van der Waals surface area contributed by atoms with Gasteiger partial charge in [0.05, 0.1) is 0 Å². The minimum Gasteiger partial charge on any atom is -0.301 e. The highest BCUT2D eigenvalue weighted by Crippen LogP contribution is 1.99. The van der Waals surface area contributed by atoms with Crippen molar-refractivity contribution in [2.75, 3.05) is 13.6 Å². The van der Waals surface area contributed by atoms with Crippen molar-refractivity contribution in [3.63, 3.8) is 0 Å². The lowest BCUT2D eigenvalue weighted by Gasteiger charge is -2.14. The van der Waals surface area contributed by atoms with Gasteiger partial charge in [0.1, 0.15) is 0 Å². The van der Waals surface area contributed by atoms with E-state index in [1.165, 1.54) is 18.5 Å². The van der Waals surface area contributed by atoms with Gasteiger partial charge >= 0.3 is 0 Å². The Bertz CT molecular complexity index is 194. The van der Waals surface area contributed by atoms with Crippen LogP contribution in [0.2, 0.25) is 0 Å². The highest BCUT2D eigenvalue weighted by atomic mass is 15.2. The molecule has 0 fully saturated rings. The SMILES string of the molecule is CCCCN(C)Cc1ccn[nH]1. The molecular formula is C9H17N3. The van der Waals surface area contributed by atoms with Gasteiger partial charge < -0.3 is 4.90 Å². The first-order valence-corrected chi connectivity index (χ1v) is 4.49. The summed E-state index contributed by atoms with van der Waals surface area (Å²) in [6, 6.07) is 2.02. The third kappa shape index (κ3) is 3.05. The predicted octanol–water partition coefficient (Wildman–Crippen LogP) is 1.64. The van der Waals surface area contributed by atoms with E-state index in [9.17, 15) is 0 Å². The second-order valence-electron chi connectivity index (χ2n) is 3.17. The first kappa shape index (κ1) is 9.26. The van der Waals surface area contributed by atoms with Gasteiger partial charge in [-0.05, 0) is 26.1 Å². The van der Waals surface area contributed by atoms with Crippen LogP contribution in [-0.4, -0.2) is 28.7 Å². The van der Waals surface area contributed by atoms with Crippen LogP contribution in [0.3, 0.4) is 0 Å². The molecule has 1 aromatic rings. The fourth-order valence-corrected chi connectivity index (χ4v) is 1.17. The molecule has 1 N–H and O–H groups in total. The Morgan fingerprint density at radius 1 is 1.58 bits per heavy atom. The van der Waals surface area contributed by atoms with Gasteiger partial charge in [-0.15, -0.1) is 0 Å². The second-order valence-corrected chi connectivity index (χ2v) is 3.17. The number of unbranched alkanes of at least 4 members (excludes halogenated alkanes) is 1. The molecule has 1 heterocycles. The number of H-pyrrole nitrogens is 1. The Morgan fingerprint density at radius 3 is 3.00 bits per heavy atom. The average molecular weight is 167 g/mol. The first-order valence-electron chi connectivity index (χ1n) is 4.49. The Balaban J connectivity index is 2.22. The summed E-state index contributed by atoms with van der Waals surface area (Å²) < 4.78 is 0. The monoisotopic (exact) mass is 167 g/mol. The molecule has 0 amide bonds. The van der Waals surface area contributed by atoms with E-state index in [0.29, 0.717) is 0 Å². The van der Waals surface area contributed by atoms with Gasteiger partial charge in [-0.1, -0.05) is 13.3 Å². The van der Waals surface area contributed by atoms with Gasteiger partial charge in [-0.3, -0.25) is 5.10 Å². The minimum absolute atomic E-state index is 0.972. The maximum atomic E-state index is 3.90.